The van der Waals surface area contributed by atoms with Crippen molar-refractivity contribution in [2.75, 3.05) is 18.4 Å². The molecule has 2 aromatic rings. The van der Waals surface area contributed by atoms with E-state index in [9.17, 15) is 13.2 Å². The predicted octanol–water partition coefficient (Wildman–Crippen LogP) is 2.92. The lowest BCUT2D eigenvalue weighted by Gasteiger charge is -2.19. The van der Waals surface area contributed by atoms with Crippen molar-refractivity contribution in [2.24, 2.45) is 5.92 Å². The number of amides is 1. The zero-order valence-corrected chi connectivity index (χ0v) is 19.5. The van der Waals surface area contributed by atoms with Crippen LogP contribution in [0.3, 0.4) is 0 Å². The summed E-state index contributed by atoms with van der Waals surface area (Å²) < 4.78 is 35.6. The molecule has 1 aliphatic rings. The van der Waals surface area contributed by atoms with E-state index in [0.29, 0.717) is 24.9 Å². The molecule has 2 N–H and O–H groups in total. The lowest BCUT2D eigenvalue weighted by Crippen LogP contribution is -2.44. The molecule has 1 fully saturated rings. The molecule has 3 heterocycles. The number of anilines is 2. The van der Waals surface area contributed by atoms with E-state index in [1.807, 2.05) is 43.3 Å². The van der Waals surface area contributed by atoms with Crippen LogP contribution < -0.4 is 10.0 Å². The van der Waals surface area contributed by atoms with Crippen LogP contribution in [0.15, 0.2) is 16.9 Å². The van der Waals surface area contributed by atoms with Gasteiger partial charge >= 0.3 is 10.2 Å². The lowest BCUT2D eigenvalue weighted by atomic mass is 10.0. The fourth-order valence-corrected chi connectivity index (χ4v) is 4.60. The number of carbonyl (C=O) groups excluding carboxylic acids is 1. The van der Waals surface area contributed by atoms with Gasteiger partial charge in [0.05, 0.1) is 17.5 Å². The van der Waals surface area contributed by atoms with Gasteiger partial charge in [0.1, 0.15) is 6.26 Å². The number of carbonyl (C=O) groups is 1. The van der Waals surface area contributed by atoms with Gasteiger partial charge in [0.2, 0.25) is 0 Å². The van der Waals surface area contributed by atoms with E-state index in [1.165, 1.54) is 4.31 Å². The third-order valence-electron chi connectivity index (χ3n) is 5.25. The molecule has 32 heavy (non-hydrogen) atoms. The molecule has 0 radical (unpaired) electrons. The molecule has 3 rings (SSSR count). The van der Waals surface area contributed by atoms with Gasteiger partial charge in [-0.15, -0.1) is 0 Å². The van der Waals surface area contributed by atoms with E-state index in [4.69, 9.17) is 9.68 Å². The topological polar surface area (TPSA) is 146 Å². The second-order valence-electron chi connectivity index (χ2n) is 8.41. The molecule has 1 aliphatic heterocycles. The fourth-order valence-electron chi connectivity index (χ4n) is 3.42. The molecule has 2 aromatic heterocycles. The average molecular weight is 464 g/mol. The highest BCUT2D eigenvalue weighted by molar-refractivity contribution is 7.87. The predicted molar refractivity (Wildman–Crippen MR) is 117 cm³/mol. The number of nitrogens with zero attached hydrogens (tertiary/aromatic N) is 5. The molecule has 1 atom stereocenters. The van der Waals surface area contributed by atoms with Crippen LogP contribution in [0.5, 0.6) is 0 Å². The highest BCUT2D eigenvalue weighted by Gasteiger charge is 2.29. The van der Waals surface area contributed by atoms with Crippen LogP contribution in [0, 0.1) is 17.2 Å². The Labute approximate surface area is 188 Å². The number of nitriles is 1. The van der Waals surface area contributed by atoms with Gasteiger partial charge in [0, 0.05) is 31.2 Å². The van der Waals surface area contributed by atoms with Gasteiger partial charge in [-0.3, -0.25) is 9.48 Å². The van der Waals surface area contributed by atoms with E-state index in [0.717, 1.165) is 12.0 Å². The highest BCUT2D eigenvalue weighted by atomic mass is 32.2. The molecule has 1 saturated heterocycles. The van der Waals surface area contributed by atoms with E-state index < -0.39 is 16.1 Å². The van der Waals surface area contributed by atoms with Crippen molar-refractivity contribution < 1.29 is 17.6 Å². The maximum atomic E-state index is 12.6. The van der Waals surface area contributed by atoms with Crippen LogP contribution in [-0.2, 0) is 10.2 Å². The molecule has 1 amide bonds. The molecule has 174 valence electrons. The molecule has 12 heteroatoms. The Hall–Kier alpha value is -2.91. The smallest absolute Gasteiger partial charge is 0.304 e. The molecule has 1 unspecified atom stereocenters. The van der Waals surface area contributed by atoms with Crippen LogP contribution in [0.2, 0.25) is 0 Å². The second kappa shape index (κ2) is 9.70. The number of rotatable bonds is 7. The summed E-state index contributed by atoms with van der Waals surface area (Å²) >= 11 is 0. The normalized spacial score (nSPS) is 17.8. The van der Waals surface area contributed by atoms with Crippen molar-refractivity contribution in [1.29, 1.82) is 5.26 Å². The third kappa shape index (κ3) is 5.46. The quantitative estimate of drug-likeness (QED) is 0.637. The minimum atomic E-state index is -4.05. The Morgan fingerprint density at radius 3 is 2.69 bits per heavy atom. The minimum Gasteiger partial charge on any atom is -0.431 e. The maximum absolute atomic E-state index is 12.6. The van der Waals surface area contributed by atoms with E-state index >= 15 is 0 Å². The third-order valence-corrected chi connectivity index (χ3v) is 6.73. The molecular weight excluding hydrogens is 434 g/mol. The van der Waals surface area contributed by atoms with Crippen LogP contribution >= 0.6 is 0 Å². The number of hydrogen-bond donors (Lipinski definition) is 2. The standard InChI is InChI=1S/C20H29N7O4S/c1-13(2)18-16(11-27(24-18)14(3)4)22-20-23-17(12-31-20)19(28)25-32(29,30)26-8-5-6-15(10-21)7-9-26/h11-15H,5-9H2,1-4H3,(H,22,23)(H,25,28). The van der Waals surface area contributed by atoms with E-state index in [-0.39, 0.29) is 42.7 Å². The molecule has 0 aromatic carbocycles. The van der Waals surface area contributed by atoms with Crippen LogP contribution in [-0.4, -0.2) is 46.5 Å². The Kier molecular flexibility index (Phi) is 7.20. The van der Waals surface area contributed by atoms with Crippen molar-refractivity contribution in [2.45, 2.75) is 58.9 Å². The zero-order valence-electron chi connectivity index (χ0n) is 18.7. The van der Waals surface area contributed by atoms with Crippen LogP contribution in [0.4, 0.5) is 11.7 Å². The summed E-state index contributed by atoms with van der Waals surface area (Å²) in [5.41, 5.74) is 1.36. The number of nitrogens with one attached hydrogen (secondary N) is 2. The van der Waals surface area contributed by atoms with Crippen molar-refractivity contribution in [3.8, 4) is 6.07 Å². The number of hydrogen-bond acceptors (Lipinski definition) is 8. The van der Waals surface area contributed by atoms with Crippen molar-refractivity contribution in [3.05, 3.63) is 23.8 Å². The fraction of sp³-hybridized carbons (Fsp3) is 0.600. The average Bonchev–Trinajstić information content (AvgIpc) is 3.28. The van der Waals surface area contributed by atoms with Gasteiger partial charge in [0.25, 0.3) is 11.9 Å². The summed E-state index contributed by atoms with van der Waals surface area (Å²) in [5, 5.41) is 16.7. The van der Waals surface area contributed by atoms with Gasteiger partial charge in [-0.1, -0.05) is 13.8 Å². The summed E-state index contributed by atoms with van der Waals surface area (Å²) in [6.07, 6.45) is 4.57. The first-order valence-electron chi connectivity index (χ1n) is 10.6. The zero-order chi connectivity index (χ0) is 23.5. The molecule has 0 saturated carbocycles. The van der Waals surface area contributed by atoms with Crippen molar-refractivity contribution >= 4 is 27.8 Å². The SMILES string of the molecule is CC(C)c1nn(C(C)C)cc1Nc1nc(C(=O)NS(=O)(=O)N2CCCC(C#N)CC2)co1. The van der Waals surface area contributed by atoms with Gasteiger partial charge < -0.3 is 9.73 Å². The summed E-state index contributed by atoms with van der Waals surface area (Å²) in [4.78, 5) is 16.6. The maximum Gasteiger partial charge on any atom is 0.304 e. The lowest BCUT2D eigenvalue weighted by molar-refractivity contribution is 0.0974. The Balaban J connectivity index is 1.69. The molecule has 0 bridgehead atoms. The van der Waals surface area contributed by atoms with E-state index in [2.05, 4.69) is 21.5 Å². The van der Waals surface area contributed by atoms with Gasteiger partial charge in [-0.05, 0) is 39.0 Å². The van der Waals surface area contributed by atoms with Gasteiger partial charge in [-0.2, -0.15) is 28.1 Å². The molecule has 0 spiro atoms. The Morgan fingerprint density at radius 1 is 1.28 bits per heavy atom. The van der Waals surface area contributed by atoms with Gasteiger partial charge in [-0.25, -0.2) is 4.72 Å². The number of aromatic nitrogens is 3. The largest absolute Gasteiger partial charge is 0.431 e. The van der Waals surface area contributed by atoms with Gasteiger partial charge in [0.15, 0.2) is 5.69 Å². The first kappa shape index (κ1) is 23.7. The molecule has 0 aliphatic carbocycles. The van der Waals surface area contributed by atoms with Crippen molar-refractivity contribution in [3.63, 3.8) is 0 Å². The monoisotopic (exact) mass is 463 g/mol. The first-order chi connectivity index (χ1) is 15.1. The summed E-state index contributed by atoms with van der Waals surface area (Å²) in [6.45, 7) is 8.49. The molecule has 11 nitrogen and oxygen atoms in total. The van der Waals surface area contributed by atoms with Crippen LogP contribution in [0.1, 0.15) is 75.1 Å². The number of oxazole rings is 1. The summed E-state index contributed by atoms with van der Waals surface area (Å²) in [7, 11) is -4.05. The molecular formula is C20H29N7O4S. The van der Waals surface area contributed by atoms with Crippen LogP contribution in [0.25, 0.3) is 0 Å². The Bertz CT molecular complexity index is 1100. The summed E-state index contributed by atoms with van der Waals surface area (Å²) in [5.74, 6) is -0.912. The van der Waals surface area contributed by atoms with Crippen molar-refractivity contribution in [1.82, 2.24) is 23.8 Å². The highest BCUT2D eigenvalue weighted by Crippen LogP contribution is 2.27. The summed E-state index contributed by atoms with van der Waals surface area (Å²) in [6, 6.07) is 2.41. The minimum absolute atomic E-state index is 0.0596. The first-order valence-corrected chi connectivity index (χ1v) is 12.1. The second-order valence-corrected chi connectivity index (χ2v) is 10.1. The van der Waals surface area contributed by atoms with E-state index in [1.54, 1.807) is 0 Å². The Morgan fingerprint density at radius 2 is 2.03 bits per heavy atom.